The summed E-state index contributed by atoms with van der Waals surface area (Å²) in [6.45, 7) is 5.52. The van der Waals surface area contributed by atoms with Crippen LogP contribution >= 0.6 is 0 Å². The minimum absolute atomic E-state index is 0.221. The van der Waals surface area contributed by atoms with Gasteiger partial charge < -0.3 is 15.7 Å². The van der Waals surface area contributed by atoms with Crippen molar-refractivity contribution in [3.8, 4) is 0 Å². The molecule has 3 N–H and O–H groups in total. The molecule has 0 saturated heterocycles. The Labute approximate surface area is 108 Å². The fraction of sp³-hybridized carbons (Fsp3) is 0.692. The highest BCUT2D eigenvalue weighted by Gasteiger charge is 2.40. The summed E-state index contributed by atoms with van der Waals surface area (Å²) in [6, 6.07) is 0. The van der Waals surface area contributed by atoms with Crippen LogP contribution in [0.25, 0.3) is 0 Å². The monoisotopic (exact) mass is 254 g/mol. The van der Waals surface area contributed by atoms with Crippen molar-refractivity contribution in [1.29, 1.82) is 0 Å². The quantitative estimate of drug-likeness (QED) is 0.717. The van der Waals surface area contributed by atoms with Crippen LogP contribution in [-0.2, 0) is 9.59 Å². The Morgan fingerprint density at radius 2 is 2.28 bits per heavy atom. The molecule has 1 fully saturated rings. The van der Waals surface area contributed by atoms with E-state index in [2.05, 4.69) is 13.5 Å². The van der Waals surface area contributed by atoms with Crippen LogP contribution in [0.2, 0.25) is 0 Å². The Balaban J connectivity index is 2.80. The lowest BCUT2D eigenvalue weighted by Gasteiger charge is -2.38. The number of nitrogens with two attached hydrogens (primary N) is 1. The molecule has 0 bridgehead atoms. The van der Waals surface area contributed by atoms with Gasteiger partial charge in [-0.3, -0.25) is 9.59 Å². The highest BCUT2D eigenvalue weighted by atomic mass is 16.4. The van der Waals surface area contributed by atoms with Crippen LogP contribution < -0.4 is 5.73 Å². The largest absolute Gasteiger partial charge is 0.480 e. The minimum Gasteiger partial charge on any atom is -0.480 e. The molecule has 1 amide bonds. The predicted octanol–water partition coefficient (Wildman–Crippen LogP) is 0.993. The topological polar surface area (TPSA) is 83.6 Å². The number of carboxylic acid groups (broad SMARTS) is 1. The number of carbonyl (C=O) groups excluding carboxylic acids is 1. The highest BCUT2D eigenvalue weighted by molar-refractivity contribution is 5.89. The zero-order chi connectivity index (χ0) is 13.8. The molecule has 1 saturated carbocycles. The predicted molar refractivity (Wildman–Crippen MR) is 69.0 cm³/mol. The van der Waals surface area contributed by atoms with E-state index in [1.54, 1.807) is 0 Å². The van der Waals surface area contributed by atoms with E-state index in [1.807, 2.05) is 0 Å². The van der Waals surface area contributed by atoms with E-state index in [0.717, 1.165) is 12.8 Å². The van der Waals surface area contributed by atoms with Gasteiger partial charge in [-0.2, -0.15) is 0 Å². The Bertz CT molecular complexity index is 343. The molecule has 1 rings (SSSR count). The second-order valence-electron chi connectivity index (χ2n) is 5.23. The SMILES string of the molecule is C=CCN(CC(=O)O)C(=O)C1(N)CCCC(C)C1. The van der Waals surface area contributed by atoms with Crippen LogP contribution in [0.1, 0.15) is 32.6 Å². The number of hydrogen-bond acceptors (Lipinski definition) is 3. The lowest BCUT2D eigenvalue weighted by molar-refractivity contribution is -0.147. The zero-order valence-electron chi connectivity index (χ0n) is 10.9. The second kappa shape index (κ2) is 6.00. The van der Waals surface area contributed by atoms with E-state index < -0.39 is 11.5 Å². The lowest BCUT2D eigenvalue weighted by Crippen LogP contribution is -2.58. The highest BCUT2D eigenvalue weighted by Crippen LogP contribution is 2.31. The second-order valence-corrected chi connectivity index (χ2v) is 5.23. The van der Waals surface area contributed by atoms with Gasteiger partial charge in [0.25, 0.3) is 0 Å². The molecule has 2 unspecified atom stereocenters. The first-order valence-corrected chi connectivity index (χ1v) is 6.30. The Morgan fingerprint density at radius 1 is 1.61 bits per heavy atom. The summed E-state index contributed by atoms with van der Waals surface area (Å²) in [5.41, 5.74) is 5.27. The van der Waals surface area contributed by atoms with Crippen molar-refractivity contribution in [2.75, 3.05) is 13.1 Å². The van der Waals surface area contributed by atoms with Crippen molar-refractivity contribution in [3.63, 3.8) is 0 Å². The molecule has 0 radical (unpaired) electrons. The fourth-order valence-corrected chi connectivity index (χ4v) is 2.64. The summed E-state index contributed by atoms with van der Waals surface area (Å²) in [6.07, 6.45) is 4.77. The van der Waals surface area contributed by atoms with Gasteiger partial charge >= 0.3 is 5.97 Å². The lowest BCUT2D eigenvalue weighted by atomic mass is 9.76. The van der Waals surface area contributed by atoms with Gasteiger partial charge in [0, 0.05) is 6.54 Å². The van der Waals surface area contributed by atoms with E-state index >= 15 is 0 Å². The van der Waals surface area contributed by atoms with Crippen molar-refractivity contribution in [2.24, 2.45) is 11.7 Å². The summed E-state index contributed by atoms with van der Waals surface area (Å²) in [5.74, 6) is -0.892. The van der Waals surface area contributed by atoms with Gasteiger partial charge in [0.05, 0.1) is 5.54 Å². The fourth-order valence-electron chi connectivity index (χ4n) is 2.64. The molecule has 0 aromatic rings. The summed E-state index contributed by atoms with van der Waals surface area (Å²) in [7, 11) is 0. The molecular formula is C13H22N2O3. The Kier molecular flexibility index (Phi) is 4.90. The summed E-state index contributed by atoms with van der Waals surface area (Å²) < 4.78 is 0. The third kappa shape index (κ3) is 3.57. The smallest absolute Gasteiger partial charge is 0.323 e. The standard InChI is InChI=1S/C13H22N2O3/c1-3-7-15(9-11(16)17)12(18)13(14)6-4-5-10(2)8-13/h3,10H,1,4-9,14H2,2H3,(H,16,17). The third-order valence-corrected chi connectivity index (χ3v) is 3.42. The summed E-state index contributed by atoms with van der Waals surface area (Å²) in [4.78, 5) is 24.4. The van der Waals surface area contributed by atoms with Gasteiger partial charge in [-0.05, 0) is 18.8 Å². The first kappa shape index (κ1) is 14.7. The number of carboxylic acids is 1. The van der Waals surface area contributed by atoms with Crippen LogP contribution in [0, 0.1) is 5.92 Å². The molecule has 102 valence electrons. The first-order valence-electron chi connectivity index (χ1n) is 6.30. The number of hydrogen-bond donors (Lipinski definition) is 2. The third-order valence-electron chi connectivity index (χ3n) is 3.42. The molecule has 0 aromatic carbocycles. The molecule has 0 aliphatic heterocycles. The number of aliphatic carboxylic acids is 1. The normalized spacial score (nSPS) is 27.6. The number of carbonyl (C=O) groups is 2. The molecule has 0 heterocycles. The number of amides is 1. The Hall–Kier alpha value is -1.36. The van der Waals surface area contributed by atoms with Gasteiger partial charge in [0.1, 0.15) is 6.54 Å². The Morgan fingerprint density at radius 3 is 2.78 bits per heavy atom. The van der Waals surface area contributed by atoms with Crippen LogP contribution in [0.5, 0.6) is 0 Å². The minimum atomic E-state index is -1.03. The summed E-state index contributed by atoms with van der Waals surface area (Å²) in [5, 5.41) is 8.82. The van der Waals surface area contributed by atoms with Crippen LogP contribution in [0.15, 0.2) is 12.7 Å². The van der Waals surface area contributed by atoms with E-state index in [9.17, 15) is 9.59 Å². The van der Waals surface area contributed by atoms with Crippen LogP contribution in [-0.4, -0.2) is 40.5 Å². The summed E-state index contributed by atoms with van der Waals surface area (Å²) >= 11 is 0. The van der Waals surface area contributed by atoms with Crippen LogP contribution in [0.4, 0.5) is 0 Å². The van der Waals surface area contributed by atoms with E-state index in [1.165, 1.54) is 11.0 Å². The molecule has 5 nitrogen and oxygen atoms in total. The average Bonchev–Trinajstić information content (AvgIpc) is 2.26. The van der Waals surface area contributed by atoms with E-state index in [4.69, 9.17) is 10.8 Å². The number of rotatable bonds is 5. The number of nitrogens with zero attached hydrogens (tertiary/aromatic N) is 1. The van der Waals surface area contributed by atoms with Crippen molar-refractivity contribution in [2.45, 2.75) is 38.1 Å². The molecule has 1 aliphatic carbocycles. The van der Waals surface area contributed by atoms with E-state index in [-0.39, 0.29) is 19.0 Å². The molecule has 0 aromatic heterocycles. The van der Waals surface area contributed by atoms with Crippen molar-refractivity contribution in [1.82, 2.24) is 4.90 Å². The molecular weight excluding hydrogens is 232 g/mol. The van der Waals surface area contributed by atoms with Crippen molar-refractivity contribution >= 4 is 11.9 Å². The molecule has 18 heavy (non-hydrogen) atoms. The van der Waals surface area contributed by atoms with Gasteiger partial charge in [-0.25, -0.2) is 0 Å². The zero-order valence-corrected chi connectivity index (χ0v) is 10.9. The van der Waals surface area contributed by atoms with Gasteiger partial charge in [-0.1, -0.05) is 25.8 Å². The van der Waals surface area contributed by atoms with Crippen molar-refractivity contribution in [3.05, 3.63) is 12.7 Å². The van der Waals surface area contributed by atoms with Crippen LogP contribution in [0.3, 0.4) is 0 Å². The van der Waals surface area contributed by atoms with Gasteiger partial charge in [0.2, 0.25) is 5.91 Å². The molecule has 0 spiro atoms. The van der Waals surface area contributed by atoms with E-state index in [0.29, 0.717) is 18.8 Å². The first-order chi connectivity index (χ1) is 8.39. The molecule has 1 aliphatic rings. The van der Waals surface area contributed by atoms with Crippen molar-refractivity contribution < 1.29 is 14.7 Å². The maximum Gasteiger partial charge on any atom is 0.323 e. The average molecular weight is 254 g/mol. The maximum absolute atomic E-state index is 12.4. The van der Waals surface area contributed by atoms with Gasteiger partial charge in [-0.15, -0.1) is 6.58 Å². The molecule has 2 atom stereocenters. The maximum atomic E-state index is 12.4. The van der Waals surface area contributed by atoms with Gasteiger partial charge in [0.15, 0.2) is 0 Å². The molecule has 5 heteroatoms.